The van der Waals surface area contributed by atoms with Crippen molar-refractivity contribution in [3.63, 3.8) is 0 Å². The lowest BCUT2D eigenvalue weighted by Crippen LogP contribution is -2.06. The van der Waals surface area contributed by atoms with Crippen LogP contribution in [0.4, 0.5) is 8.78 Å². The van der Waals surface area contributed by atoms with Gasteiger partial charge < -0.3 is 9.47 Å². The summed E-state index contributed by atoms with van der Waals surface area (Å²) in [7, 11) is 1.51. The number of aromatic nitrogens is 3. The van der Waals surface area contributed by atoms with Gasteiger partial charge >= 0.3 is 5.76 Å². The van der Waals surface area contributed by atoms with Gasteiger partial charge in [0.25, 0.3) is 5.92 Å². The second-order valence-corrected chi connectivity index (χ2v) is 9.33. The van der Waals surface area contributed by atoms with Gasteiger partial charge in [0.1, 0.15) is 23.1 Å². The number of nitrogens with zero attached hydrogens (tertiary/aromatic N) is 2. The number of hydrogen-bond donors (Lipinski definition) is 1. The summed E-state index contributed by atoms with van der Waals surface area (Å²) in [6.45, 7) is 1.16. The molecule has 34 heavy (non-hydrogen) atoms. The maximum atomic E-state index is 13.5. The molecule has 0 aliphatic carbocycles. The number of rotatable bonds is 9. The zero-order valence-electron chi connectivity index (χ0n) is 18.6. The molecule has 0 unspecified atom stereocenters. The number of H-pyrrole nitrogens is 1. The molecule has 1 N–H and O–H groups in total. The lowest BCUT2D eigenvalue weighted by molar-refractivity contribution is 0.0175. The summed E-state index contributed by atoms with van der Waals surface area (Å²) in [4.78, 5) is 19.4. The monoisotopic (exact) mass is 505 g/mol. The lowest BCUT2D eigenvalue weighted by atomic mass is 10.1. The second-order valence-electron chi connectivity index (χ2n) is 7.38. The number of thioether (sulfide) groups is 1. The molecule has 0 fully saturated rings. The molecule has 0 aliphatic heterocycles. The maximum Gasteiger partial charge on any atom is 0.439 e. The molecule has 2 aromatic heterocycles. The summed E-state index contributed by atoms with van der Waals surface area (Å²) in [5.41, 5.74) is 2.19. The van der Waals surface area contributed by atoms with Crippen LogP contribution in [-0.4, -0.2) is 28.5 Å². The molecule has 4 rings (SSSR count). The molecule has 0 amide bonds. The Morgan fingerprint density at radius 2 is 1.97 bits per heavy atom. The second kappa shape index (κ2) is 9.98. The molecule has 0 saturated heterocycles. The molecule has 2 heterocycles. The lowest BCUT2D eigenvalue weighted by Gasteiger charge is -2.10. The number of thiazole rings is 1. The Kier molecular flexibility index (Phi) is 7.03. The van der Waals surface area contributed by atoms with E-state index in [0.717, 1.165) is 28.1 Å². The molecule has 0 spiro atoms. The van der Waals surface area contributed by atoms with Crippen molar-refractivity contribution in [2.24, 2.45) is 0 Å². The zero-order chi connectivity index (χ0) is 24.3. The van der Waals surface area contributed by atoms with Gasteiger partial charge in [-0.2, -0.15) is 11.8 Å². The number of aromatic amines is 1. The van der Waals surface area contributed by atoms with Gasteiger partial charge in [-0.05, 0) is 18.4 Å². The van der Waals surface area contributed by atoms with Gasteiger partial charge in [-0.25, -0.2) is 18.6 Å². The van der Waals surface area contributed by atoms with E-state index in [-0.39, 0.29) is 18.0 Å². The largest absolute Gasteiger partial charge is 0.496 e. The number of methoxy groups -OCH3 is 1. The summed E-state index contributed by atoms with van der Waals surface area (Å²) in [5, 5.41) is 4.43. The van der Waals surface area contributed by atoms with Crippen LogP contribution in [0, 0.1) is 0 Å². The van der Waals surface area contributed by atoms with Crippen LogP contribution in [-0.2, 0) is 18.3 Å². The Bertz CT molecular complexity index is 1330. The molecule has 7 nitrogen and oxygen atoms in total. The molecule has 2 aromatic carbocycles. The summed E-state index contributed by atoms with van der Waals surface area (Å²) in [6.07, 6.45) is 1.99. The fraction of sp³-hybridized carbons (Fsp3) is 0.261. The molecule has 0 saturated carbocycles. The number of hydrogen-bond acceptors (Lipinski definition) is 8. The smallest absolute Gasteiger partial charge is 0.439 e. The van der Waals surface area contributed by atoms with E-state index in [9.17, 15) is 13.6 Å². The predicted octanol–water partition coefficient (Wildman–Crippen LogP) is 5.72. The van der Waals surface area contributed by atoms with E-state index in [2.05, 4.69) is 14.7 Å². The third-order valence-corrected chi connectivity index (χ3v) is 6.62. The molecule has 0 aliphatic rings. The van der Waals surface area contributed by atoms with Crippen LogP contribution >= 0.6 is 23.1 Å². The average molecular weight is 506 g/mol. The highest BCUT2D eigenvalue weighted by molar-refractivity contribution is 7.97. The van der Waals surface area contributed by atoms with Crippen molar-refractivity contribution >= 4 is 23.1 Å². The van der Waals surface area contributed by atoms with Gasteiger partial charge in [-0.15, -0.1) is 11.3 Å². The fourth-order valence-corrected chi connectivity index (χ4v) is 4.83. The van der Waals surface area contributed by atoms with E-state index >= 15 is 0 Å². The van der Waals surface area contributed by atoms with E-state index in [1.165, 1.54) is 30.6 Å². The molecular weight excluding hydrogens is 484 g/mol. The number of nitrogens with one attached hydrogen (secondary N) is 1. The number of ether oxygens (including phenoxy) is 2. The van der Waals surface area contributed by atoms with Crippen molar-refractivity contribution in [3.8, 4) is 33.5 Å². The van der Waals surface area contributed by atoms with Gasteiger partial charge in [0.15, 0.2) is 5.82 Å². The Hall–Kier alpha value is -3.18. The average Bonchev–Trinajstić information content (AvgIpc) is 3.43. The van der Waals surface area contributed by atoms with Gasteiger partial charge in [-0.1, -0.05) is 29.4 Å². The zero-order valence-corrected chi connectivity index (χ0v) is 20.2. The number of alkyl halides is 2. The highest BCUT2D eigenvalue weighted by Crippen LogP contribution is 2.35. The predicted molar refractivity (Wildman–Crippen MR) is 128 cm³/mol. The number of halogens is 2. The van der Waals surface area contributed by atoms with E-state index in [4.69, 9.17) is 14.5 Å². The third-order valence-electron chi connectivity index (χ3n) is 4.94. The van der Waals surface area contributed by atoms with Gasteiger partial charge in [0, 0.05) is 29.9 Å². The molecule has 178 valence electrons. The summed E-state index contributed by atoms with van der Waals surface area (Å²) >= 11 is 3.10. The molecule has 0 atom stereocenters. The molecule has 4 aromatic rings. The molecular formula is C23H21F2N3O4S2. The standard InChI is InChI=1S/C23H21F2N3O4S2/c1-23(24,25)14-6-4-13(5-7-14)21-26-17(12-33-3)19(34-21)11-31-15-8-9-16(18(10-15)30-2)20-27-22(29)32-28-20/h4-10H,11-12H2,1-3H3,(H,27,28,29). The first kappa shape index (κ1) is 24.0. The molecule has 11 heteroatoms. The molecule has 0 radical (unpaired) electrons. The Labute approximate surface area is 202 Å². The van der Waals surface area contributed by atoms with E-state index in [1.54, 1.807) is 42.1 Å². The summed E-state index contributed by atoms with van der Waals surface area (Å²) in [5.74, 6) is -1.56. The van der Waals surface area contributed by atoms with Crippen LogP contribution in [0.2, 0.25) is 0 Å². The minimum absolute atomic E-state index is 0.0345. The normalized spacial score (nSPS) is 11.6. The maximum absolute atomic E-state index is 13.5. The first-order valence-corrected chi connectivity index (χ1v) is 12.3. The Morgan fingerprint density at radius 3 is 2.59 bits per heavy atom. The Balaban J connectivity index is 1.54. The van der Waals surface area contributed by atoms with Gasteiger partial charge in [0.2, 0.25) is 0 Å². The van der Waals surface area contributed by atoms with Crippen LogP contribution in [0.3, 0.4) is 0 Å². The van der Waals surface area contributed by atoms with Crippen LogP contribution < -0.4 is 15.2 Å². The van der Waals surface area contributed by atoms with Crippen LogP contribution in [0.25, 0.3) is 22.0 Å². The van der Waals surface area contributed by atoms with Gasteiger partial charge in [-0.3, -0.25) is 9.51 Å². The minimum Gasteiger partial charge on any atom is -0.496 e. The topological polar surface area (TPSA) is 90.2 Å². The summed E-state index contributed by atoms with van der Waals surface area (Å²) in [6, 6.07) is 11.3. The van der Waals surface area contributed by atoms with Crippen LogP contribution in [0.1, 0.15) is 23.1 Å². The van der Waals surface area contributed by atoms with Crippen molar-refractivity contribution in [1.29, 1.82) is 0 Å². The van der Waals surface area contributed by atoms with Crippen molar-refractivity contribution in [1.82, 2.24) is 15.1 Å². The van der Waals surface area contributed by atoms with Crippen LogP contribution in [0.15, 0.2) is 51.8 Å². The van der Waals surface area contributed by atoms with Crippen molar-refractivity contribution in [3.05, 3.63) is 69.1 Å². The highest BCUT2D eigenvalue weighted by atomic mass is 32.2. The SMILES string of the molecule is COc1cc(OCc2sc(-c3ccc(C(C)(F)F)cc3)nc2CSC)ccc1-c1noc(=O)[nH]1. The van der Waals surface area contributed by atoms with E-state index in [0.29, 0.717) is 22.8 Å². The highest BCUT2D eigenvalue weighted by Gasteiger charge is 2.24. The summed E-state index contributed by atoms with van der Waals surface area (Å²) < 4.78 is 43.0. The fourth-order valence-electron chi connectivity index (χ4n) is 3.23. The molecule has 0 bridgehead atoms. The van der Waals surface area contributed by atoms with Gasteiger partial charge in [0.05, 0.1) is 23.2 Å². The van der Waals surface area contributed by atoms with Crippen molar-refractivity contribution in [2.75, 3.05) is 13.4 Å². The third kappa shape index (κ3) is 5.31. The van der Waals surface area contributed by atoms with Crippen LogP contribution in [0.5, 0.6) is 11.5 Å². The van der Waals surface area contributed by atoms with Crippen molar-refractivity contribution in [2.45, 2.75) is 25.2 Å². The van der Waals surface area contributed by atoms with E-state index in [1.807, 2.05) is 6.26 Å². The van der Waals surface area contributed by atoms with E-state index < -0.39 is 11.7 Å². The Morgan fingerprint density at radius 1 is 1.21 bits per heavy atom. The minimum atomic E-state index is -2.88. The quantitative estimate of drug-likeness (QED) is 0.311. The first-order chi connectivity index (χ1) is 16.3. The van der Waals surface area contributed by atoms with Crippen molar-refractivity contribution < 1.29 is 22.8 Å². The first-order valence-electron chi connectivity index (χ1n) is 10.1. The number of benzene rings is 2.